The van der Waals surface area contributed by atoms with Crippen molar-refractivity contribution in [2.75, 3.05) is 12.4 Å². The zero-order valence-corrected chi connectivity index (χ0v) is 12.3. The van der Waals surface area contributed by atoms with E-state index in [-0.39, 0.29) is 0 Å². The summed E-state index contributed by atoms with van der Waals surface area (Å²) >= 11 is 11.9. The van der Waals surface area contributed by atoms with Crippen LogP contribution in [0, 0.1) is 6.92 Å². The number of methoxy groups -OCH3 is 1. The summed E-state index contributed by atoms with van der Waals surface area (Å²) in [5.41, 5.74) is 3.20. The molecule has 2 aromatic rings. The van der Waals surface area contributed by atoms with E-state index in [4.69, 9.17) is 27.9 Å². The summed E-state index contributed by atoms with van der Waals surface area (Å²) in [6.45, 7) is 2.74. The zero-order valence-electron chi connectivity index (χ0n) is 10.8. The first kappa shape index (κ1) is 14.0. The van der Waals surface area contributed by atoms with Gasteiger partial charge in [0.05, 0.1) is 7.11 Å². The molecule has 100 valence electrons. The van der Waals surface area contributed by atoms with Gasteiger partial charge < -0.3 is 10.1 Å². The van der Waals surface area contributed by atoms with Gasteiger partial charge in [0.1, 0.15) is 5.75 Å². The standard InChI is InChI=1S/C15H15Cl2NO/c1-10-5-11(3-4-15(10)19-2)9-18-14-7-12(16)6-13(17)8-14/h3-8,18H,9H2,1-2H3. The number of benzene rings is 2. The van der Waals surface area contributed by atoms with E-state index in [9.17, 15) is 0 Å². The largest absolute Gasteiger partial charge is 0.496 e. The molecule has 0 unspecified atom stereocenters. The average Bonchev–Trinajstić information content (AvgIpc) is 2.35. The summed E-state index contributed by atoms with van der Waals surface area (Å²) < 4.78 is 5.24. The van der Waals surface area contributed by atoms with Crippen molar-refractivity contribution in [2.24, 2.45) is 0 Å². The number of nitrogens with one attached hydrogen (secondary N) is 1. The number of hydrogen-bond acceptors (Lipinski definition) is 2. The molecule has 0 aliphatic heterocycles. The molecule has 0 fully saturated rings. The Kier molecular flexibility index (Phi) is 4.56. The highest BCUT2D eigenvalue weighted by Gasteiger charge is 2.01. The summed E-state index contributed by atoms with van der Waals surface area (Å²) in [5.74, 6) is 0.898. The Hall–Kier alpha value is -1.38. The second kappa shape index (κ2) is 6.18. The molecule has 4 heteroatoms. The normalized spacial score (nSPS) is 10.3. The fourth-order valence-corrected chi connectivity index (χ4v) is 2.44. The van der Waals surface area contributed by atoms with Crippen LogP contribution < -0.4 is 10.1 Å². The Morgan fingerprint density at radius 2 is 1.74 bits per heavy atom. The third-order valence-corrected chi connectivity index (χ3v) is 3.25. The molecule has 2 aromatic carbocycles. The van der Waals surface area contributed by atoms with Crippen LogP contribution in [0.4, 0.5) is 5.69 Å². The monoisotopic (exact) mass is 295 g/mol. The molecular weight excluding hydrogens is 281 g/mol. The van der Waals surface area contributed by atoms with Gasteiger partial charge in [0, 0.05) is 22.3 Å². The van der Waals surface area contributed by atoms with Crippen LogP contribution in [0.5, 0.6) is 5.75 Å². The van der Waals surface area contributed by atoms with E-state index in [0.717, 1.165) is 17.0 Å². The number of halogens is 2. The maximum Gasteiger partial charge on any atom is 0.121 e. The third kappa shape index (κ3) is 3.79. The van der Waals surface area contributed by atoms with Gasteiger partial charge in [0.2, 0.25) is 0 Å². The summed E-state index contributed by atoms with van der Waals surface area (Å²) in [4.78, 5) is 0. The van der Waals surface area contributed by atoms with Crippen molar-refractivity contribution < 1.29 is 4.74 Å². The van der Waals surface area contributed by atoms with Crippen molar-refractivity contribution in [3.63, 3.8) is 0 Å². The molecule has 0 bridgehead atoms. The van der Waals surface area contributed by atoms with Gasteiger partial charge in [-0.25, -0.2) is 0 Å². The molecule has 0 aliphatic rings. The highest BCUT2D eigenvalue weighted by molar-refractivity contribution is 6.35. The van der Waals surface area contributed by atoms with Crippen molar-refractivity contribution >= 4 is 28.9 Å². The average molecular weight is 296 g/mol. The fraction of sp³-hybridized carbons (Fsp3) is 0.200. The first-order chi connectivity index (χ1) is 9.08. The molecule has 0 aliphatic carbocycles. The quantitative estimate of drug-likeness (QED) is 0.864. The molecule has 19 heavy (non-hydrogen) atoms. The van der Waals surface area contributed by atoms with Crippen LogP contribution in [0.15, 0.2) is 36.4 Å². The summed E-state index contributed by atoms with van der Waals surface area (Å²) in [5, 5.41) is 4.55. The lowest BCUT2D eigenvalue weighted by atomic mass is 10.1. The molecule has 0 amide bonds. The first-order valence-corrected chi connectivity index (χ1v) is 6.67. The topological polar surface area (TPSA) is 21.3 Å². The summed E-state index contributed by atoms with van der Waals surface area (Å²) in [6, 6.07) is 11.5. The van der Waals surface area contributed by atoms with Gasteiger partial charge in [-0.2, -0.15) is 0 Å². The Balaban J connectivity index is 2.08. The number of aryl methyl sites for hydroxylation is 1. The van der Waals surface area contributed by atoms with Gasteiger partial charge in [0.15, 0.2) is 0 Å². The summed E-state index contributed by atoms with van der Waals surface area (Å²) in [6.07, 6.45) is 0. The van der Waals surface area contributed by atoms with Crippen LogP contribution in [0.2, 0.25) is 10.0 Å². The van der Waals surface area contributed by atoms with Gasteiger partial charge in [-0.15, -0.1) is 0 Å². The number of hydrogen-bond donors (Lipinski definition) is 1. The van der Waals surface area contributed by atoms with Crippen LogP contribution in [-0.2, 0) is 6.54 Å². The van der Waals surface area contributed by atoms with Gasteiger partial charge in [0.25, 0.3) is 0 Å². The highest BCUT2D eigenvalue weighted by Crippen LogP contribution is 2.23. The number of rotatable bonds is 4. The van der Waals surface area contributed by atoms with Crippen molar-refractivity contribution in [1.29, 1.82) is 0 Å². The van der Waals surface area contributed by atoms with Crippen molar-refractivity contribution in [1.82, 2.24) is 0 Å². The maximum absolute atomic E-state index is 5.96. The molecule has 1 N–H and O–H groups in total. The van der Waals surface area contributed by atoms with Crippen LogP contribution >= 0.6 is 23.2 Å². The van der Waals surface area contributed by atoms with Crippen molar-refractivity contribution in [3.8, 4) is 5.75 Å². The predicted octanol–water partition coefficient (Wildman–Crippen LogP) is 4.92. The molecule has 2 rings (SSSR count). The van der Waals surface area contributed by atoms with E-state index >= 15 is 0 Å². The van der Waals surface area contributed by atoms with Crippen LogP contribution in [0.25, 0.3) is 0 Å². The van der Waals surface area contributed by atoms with E-state index < -0.39 is 0 Å². The fourth-order valence-electron chi connectivity index (χ4n) is 1.91. The minimum Gasteiger partial charge on any atom is -0.496 e. The van der Waals surface area contributed by atoms with E-state index in [1.54, 1.807) is 13.2 Å². The van der Waals surface area contributed by atoms with E-state index in [1.807, 2.05) is 31.2 Å². The first-order valence-electron chi connectivity index (χ1n) is 5.92. The Morgan fingerprint density at radius 3 is 2.32 bits per heavy atom. The van der Waals surface area contributed by atoms with Gasteiger partial charge in [-0.1, -0.05) is 35.3 Å². The van der Waals surface area contributed by atoms with Crippen LogP contribution in [-0.4, -0.2) is 7.11 Å². The SMILES string of the molecule is COc1ccc(CNc2cc(Cl)cc(Cl)c2)cc1C. The Morgan fingerprint density at radius 1 is 1.05 bits per heavy atom. The smallest absolute Gasteiger partial charge is 0.121 e. The summed E-state index contributed by atoms with van der Waals surface area (Å²) in [7, 11) is 1.67. The molecule has 0 saturated heterocycles. The molecule has 0 radical (unpaired) electrons. The predicted molar refractivity (Wildman–Crippen MR) is 81.5 cm³/mol. The molecule has 2 nitrogen and oxygen atoms in total. The molecule has 0 aromatic heterocycles. The zero-order chi connectivity index (χ0) is 13.8. The van der Waals surface area contributed by atoms with Gasteiger partial charge >= 0.3 is 0 Å². The van der Waals surface area contributed by atoms with Gasteiger partial charge in [-0.3, -0.25) is 0 Å². The van der Waals surface area contributed by atoms with E-state index in [1.165, 1.54) is 5.56 Å². The van der Waals surface area contributed by atoms with Crippen molar-refractivity contribution in [3.05, 3.63) is 57.6 Å². The van der Waals surface area contributed by atoms with Crippen LogP contribution in [0.1, 0.15) is 11.1 Å². The second-order valence-corrected chi connectivity index (χ2v) is 5.19. The minimum atomic E-state index is 0.626. The number of ether oxygens (including phenoxy) is 1. The molecule has 0 atom stereocenters. The molecular formula is C15H15Cl2NO. The van der Waals surface area contributed by atoms with E-state index in [0.29, 0.717) is 16.6 Å². The lowest BCUT2D eigenvalue weighted by Gasteiger charge is -2.10. The molecule has 0 saturated carbocycles. The Bertz CT molecular complexity index is 564. The van der Waals surface area contributed by atoms with Crippen molar-refractivity contribution in [2.45, 2.75) is 13.5 Å². The maximum atomic E-state index is 5.96. The Labute approximate surface area is 123 Å². The molecule has 0 heterocycles. The molecule has 0 spiro atoms. The highest BCUT2D eigenvalue weighted by atomic mass is 35.5. The lowest BCUT2D eigenvalue weighted by molar-refractivity contribution is 0.411. The lowest BCUT2D eigenvalue weighted by Crippen LogP contribution is -2.00. The third-order valence-electron chi connectivity index (χ3n) is 2.82. The van der Waals surface area contributed by atoms with Gasteiger partial charge in [-0.05, 0) is 42.3 Å². The number of anilines is 1. The second-order valence-electron chi connectivity index (χ2n) is 4.32. The minimum absolute atomic E-state index is 0.626. The van der Waals surface area contributed by atoms with E-state index in [2.05, 4.69) is 11.4 Å². The van der Waals surface area contributed by atoms with Crippen LogP contribution in [0.3, 0.4) is 0 Å².